The zero-order chi connectivity index (χ0) is 15.7. The van der Waals surface area contributed by atoms with Gasteiger partial charge in [-0.1, -0.05) is 6.92 Å². The Morgan fingerprint density at radius 1 is 1.25 bits per heavy atom. The van der Waals surface area contributed by atoms with Crippen LogP contribution in [0.5, 0.6) is 0 Å². The van der Waals surface area contributed by atoms with E-state index >= 15 is 0 Å². The SMILES string of the molecule is C[C@H](CC(F)(F)[C@H]1O[C@H](CO)[C@H](O)[C@H](O)[C@H]1O)C(=O)O. The number of rotatable bonds is 5. The lowest BCUT2D eigenvalue weighted by Crippen LogP contribution is -2.63. The van der Waals surface area contributed by atoms with Crippen LogP contribution in [-0.2, 0) is 9.53 Å². The van der Waals surface area contributed by atoms with Crippen LogP contribution >= 0.6 is 0 Å². The predicted octanol–water partition coefficient (Wildman–Crippen LogP) is -1.43. The van der Waals surface area contributed by atoms with Crippen LogP contribution in [0.25, 0.3) is 0 Å². The number of aliphatic hydroxyl groups is 4. The average Bonchev–Trinajstić information content (AvgIpc) is 2.35. The lowest BCUT2D eigenvalue weighted by atomic mass is 9.88. The summed E-state index contributed by atoms with van der Waals surface area (Å²) in [4.78, 5) is 10.6. The summed E-state index contributed by atoms with van der Waals surface area (Å²) in [7, 11) is 0. The number of carboxylic acid groups (broad SMARTS) is 1. The van der Waals surface area contributed by atoms with Gasteiger partial charge in [-0.25, -0.2) is 8.78 Å². The minimum Gasteiger partial charge on any atom is -0.481 e. The highest BCUT2D eigenvalue weighted by Crippen LogP contribution is 2.36. The van der Waals surface area contributed by atoms with Crippen molar-refractivity contribution < 1.29 is 43.8 Å². The van der Waals surface area contributed by atoms with Gasteiger partial charge in [0.1, 0.15) is 30.5 Å². The number of alkyl halides is 2. The third-order valence-electron chi connectivity index (χ3n) is 3.31. The van der Waals surface area contributed by atoms with Crippen LogP contribution in [0, 0.1) is 5.92 Å². The van der Waals surface area contributed by atoms with Crippen molar-refractivity contribution in [1.82, 2.24) is 0 Å². The molecule has 1 fully saturated rings. The molecule has 9 heteroatoms. The largest absolute Gasteiger partial charge is 0.481 e. The van der Waals surface area contributed by atoms with Crippen molar-refractivity contribution in [2.24, 2.45) is 5.92 Å². The molecule has 7 nitrogen and oxygen atoms in total. The molecule has 0 amide bonds. The number of carboxylic acids is 1. The highest BCUT2D eigenvalue weighted by atomic mass is 19.3. The molecule has 0 spiro atoms. The summed E-state index contributed by atoms with van der Waals surface area (Å²) in [6.45, 7) is 0.242. The van der Waals surface area contributed by atoms with Crippen molar-refractivity contribution in [3.8, 4) is 0 Å². The van der Waals surface area contributed by atoms with Gasteiger partial charge in [0.2, 0.25) is 0 Å². The highest BCUT2D eigenvalue weighted by Gasteiger charge is 2.54. The molecule has 0 aromatic heterocycles. The molecule has 0 aromatic rings. The van der Waals surface area contributed by atoms with Gasteiger partial charge < -0.3 is 30.3 Å². The van der Waals surface area contributed by atoms with Crippen LogP contribution in [0.1, 0.15) is 13.3 Å². The Balaban J connectivity index is 2.89. The second-order valence-electron chi connectivity index (χ2n) is 4.95. The summed E-state index contributed by atoms with van der Waals surface area (Å²) in [5.74, 6) is -6.57. The number of ether oxygens (including phenoxy) is 1. The van der Waals surface area contributed by atoms with Crippen LogP contribution in [0.3, 0.4) is 0 Å². The maximum Gasteiger partial charge on any atom is 0.306 e. The summed E-state index contributed by atoms with van der Waals surface area (Å²) in [5.41, 5.74) is 0. The van der Waals surface area contributed by atoms with E-state index in [0.717, 1.165) is 6.92 Å². The van der Waals surface area contributed by atoms with E-state index in [-0.39, 0.29) is 0 Å². The van der Waals surface area contributed by atoms with E-state index in [0.29, 0.717) is 0 Å². The van der Waals surface area contributed by atoms with E-state index in [9.17, 15) is 28.9 Å². The molecule has 0 unspecified atom stereocenters. The molecule has 0 aliphatic carbocycles. The third kappa shape index (κ3) is 3.41. The minimum atomic E-state index is -3.74. The smallest absolute Gasteiger partial charge is 0.306 e. The molecular weight excluding hydrogens is 282 g/mol. The summed E-state index contributed by atoms with van der Waals surface area (Å²) >= 11 is 0. The Hall–Kier alpha value is -0.870. The molecule has 5 N–H and O–H groups in total. The number of aliphatic hydroxyl groups excluding tert-OH is 4. The first-order valence-electron chi connectivity index (χ1n) is 6.03. The lowest BCUT2D eigenvalue weighted by molar-refractivity contribution is -0.283. The number of carbonyl (C=O) groups is 1. The molecule has 20 heavy (non-hydrogen) atoms. The Labute approximate surface area is 113 Å². The fraction of sp³-hybridized carbons (Fsp3) is 0.909. The molecule has 1 aliphatic rings. The van der Waals surface area contributed by atoms with Gasteiger partial charge >= 0.3 is 5.97 Å². The third-order valence-corrected chi connectivity index (χ3v) is 3.31. The first-order chi connectivity index (χ1) is 9.11. The molecule has 118 valence electrons. The van der Waals surface area contributed by atoms with Crippen LogP contribution < -0.4 is 0 Å². The average molecular weight is 300 g/mol. The van der Waals surface area contributed by atoms with Crippen molar-refractivity contribution >= 4 is 5.97 Å². The van der Waals surface area contributed by atoms with E-state index in [1.54, 1.807) is 0 Å². The first kappa shape index (κ1) is 17.2. The van der Waals surface area contributed by atoms with E-state index in [2.05, 4.69) is 0 Å². The number of hydrogen-bond acceptors (Lipinski definition) is 6. The molecule has 6 atom stereocenters. The Morgan fingerprint density at radius 2 is 1.80 bits per heavy atom. The highest BCUT2D eigenvalue weighted by molar-refractivity contribution is 5.69. The van der Waals surface area contributed by atoms with Crippen molar-refractivity contribution in [3.63, 3.8) is 0 Å². The molecule has 0 radical (unpaired) electrons. The van der Waals surface area contributed by atoms with Crippen molar-refractivity contribution in [2.45, 2.75) is 49.8 Å². The van der Waals surface area contributed by atoms with Gasteiger partial charge in [-0.2, -0.15) is 0 Å². The second-order valence-corrected chi connectivity index (χ2v) is 4.95. The molecule has 1 heterocycles. The normalized spacial score (nSPS) is 36.6. The molecule has 1 rings (SSSR count). The number of aliphatic carboxylic acids is 1. The standard InChI is InChI=1S/C11H18F2O7/c1-4(10(18)19)2-11(12,13)9-8(17)7(16)6(15)5(3-14)20-9/h4-9,14-17H,2-3H2,1H3,(H,18,19)/t4-,5-,6+,7+,8-,9+/m1/s1. The monoisotopic (exact) mass is 300 g/mol. The van der Waals surface area contributed by atoms with Gasteiger partial charge in [0.25, 0.3) is 5.92 Å². The van der Waals surface area contributed by atoms with Crippen molar-refractivity contribution in [2.75, 3.05) is 6.61 Å². The maximum atomic E-state index is 14.0. The van der Waals surface area contributed by atoms with E-state index in [1.165, 1.54) is 0 Å². The number of hydrogen-bond donors (Lipinski definition) is 5. The van der Waals surface area contributed by atoms with Gasteiger partial charge in [-0.3, -0.25) is 4.79 Å². The molecule has 1 saturated heterocycles. The van der Waals surface area contributed by atoms with Crippen LogP contribution in [0.15, 0.2) is 0 Å². The van der Waals surface area contributed by atoms with Crippen LogP contribution in [-0.4, -0.2) is 74.6 Å². The van der Waals surface area contributed by atoms with Crippen LogP contribution in [0.2, 0.25) is 0 Å². The zero-order valence-corrected chi connectivity index (χ0v) is 10.7. The van der Waals surface area contributed by atoms with Gasteiger partial charge in [0, 0.05) is 6.42 Å². The number of halogens is 2. The summed E-state index contributed by atoms with van der Waals surface area (Å²) in [6.07, 6.45) is -10.5. The van der Waals surface area contributed by atoms with Crippen molar-refractivity contribution in [1.29, 1.82) is 0 Å². The Bertz CT molecular complexity index is 350. The van der Waals surface area contributed by atoms with Gasteiger partial charge in [0.15, 0.2) is 0 Å². The van der Waals surface area contributed by atoms with Gasteiger partial charge in [-0.15, -0.1) is 0 Å². The molecular formula is C11H18F2O7. The molecule has 1 aliphatic heterocycles. The molecule has 0 saturated carbocycles. The van der Waals surface area contributed by atoms with E-state index < -0.39 is 61.4 Å². The van der Waals surface area contributed by atoms with Gasteiger partial charge in [0.05, 0.1) is 12.5 Å². The predicted molar refractivity (Wildman–Crippen MR) is 60.1 cm³/mol. The van der Waals surface area contributed by atoms with Crippen molar-refractivity contribution in [3.05, 3.63) is 0 Å². The maximum absolute atomic E-state index is 14.0. The molecule has 0 aromatic carbocycles. The molecule has 0 bridgehead atoms. The van der Waals surface area contributed by atoms with Crippen LogP contribution in [0.4, 0.5) is 8.78 Å². The van der Waals surface area contributed by atoms with Gasteiger partial charge in [-0.05, 0) is 0 Å². The summed E-state index contributed by atoms with van der Waals surface area (Å²) < 4.78 is 32.6. The Kier molecular flexibility index (Phi) is 5.39. The first-order valence-corrected chi connectivity index (χ1v) is 6.03. The fourth-order valence-electron chi connectivity index (χ4n) is 2.06. The fourth-order valence-corrected chi connectivity index (χ4v) is 2.06. The Morgan fingerprint density at radius 3 is 2.25 bits per heavy atom. The second kappa shape index (κ2) is 6.27. The lowest BCUT2D eigenvalue weighted by Gasteiger charge is -2.43. The topological polar surface area (TPSA) is 127 Å². The quantitative estimate of drug-likeness (QED) is 0.421. The summed E-state index contributed by atoms with van der Waals surface area (Å²) in [6, 6.07) is 0. The van der Waals surface area contributed by atoms with E-state index in [1.807, 2.05) is 0 Å². The minimum absolute atomic E-state index is 0.827. The zero-order valence-electron chi connectivity index (χ0n) is 10.7. The van der Waals surface area contributed by atoms with E-state index in [4.69, 9.17) is 14.9 Å². The summed E-state index contributed by atoms with van der Waals surface area (Å²) in [5, 5.41) is 46.0.